The number of rotatable bonds is 5. The number of carboxylic acids is 1. The highest BCUT2D eigenvalue weighted by atomic mass is 16.6. The Bertz CT molecular complexity index is 671. The number of hydrogen-bond donors (Lipinski definition) is 1. The van der Waals surface area contributed by atoms with Crippen molar-refractivity contribution in [1.29, 1.82) is 0 Å². The number of anilines is 2. The molecule has 0 aliphatic rings. The SMILES string of the molecule is CCN(c1ccccc1)c1ccc([N+](=O)[O-])c(C(=O)O)c1. The Morgan fingerprint density at radius 3 is 2.38 bits per heavy atom. The third-order valence-electron chi connectivity index (χ3n) is 3.10. The van der Waals surface area contributed by atoms with Crippen molar-refractivity contribution in [3.63, 3.8) is 0 Å². The number of nitrogens with zero attached hydrogens (tertiary/aromatic N) is 2. The molecule has 6 nitrogen and oxygen atoms in total. The van der Waals surface area contributed by atoms with Gasteiger partial charge in [0.05, 0.1) is 4.92 Å². The minimum atomic E-state index is -1.31. The Kier molecular flexibility index (Phi) is 4.18. The van der Waals surface area contributed by atoms with E-state index in [-0.39, 0.29) is 5.56 Å². The van der Waals surface area contributed by atoms with Gasteiger partial charge in [0.1, 0.15) is 5.56 Å². The smallest absolute Gasteiger partial charge is 0.342 e. The van der Waals surface area contributed by atoms with Gasteiger partial charge < -0.3 is 10.0 Å². The van der Waals surface area contributed by atoms with Gasteiger partial charge in [0.2, 0.25) is 0 Å². The summed E-state index contributed by atoms with van der Waals surface area (Å²) in [5, 5.41) is 20.0. The van der Waals surface area contributed by atoms with Gasteiger partial charge in [0, 0.05) is 24.0 Å². The van der Waals surface area contributed by atoms with Crippen LogP contribution in [-0.2, 0) is 0 Å². The quantitative estimate of drug-likeness (QED) is 0.672. The number of hydrogen-bond acceptors (Lipinski definition) is 4. The molecule has 0 aromatic heterocycles. The number of carboxylic acid groups (broad SMARTS) is 1. The van der Waals surface area contributed by atoms with Gasteiger partial charge in [-0.05, 0) is 31.2 Å². The molecule has 0 unspecified atom stereocenters. The van der Waals surface area contributed by atoms with Crippen LogP contribution in [0.4, 0.5) is 17.1 Å². The van der Waals surface area contributed by atoms with E-state index in [9.17, 15) is 14.9 Å². The van der Waals surface area contributed by atoms with E-state index < -0.39 is 16.6 Å². The second-order valence-electron chi connectivity index (χ2n) is 4.34. The van der Waals surface area contributed by atoms with Gasteiger partial charge in [-0.25, -0.2) is 4.79 Å². The van der Waals surface area contributed by atoms with Crippen LogP contribution in [0.1, 0.15) is 17.3 Å². The van der Waals surface area contributed by atoms with Crippen LogP contribution in [0.2, 0.25) is 0 Å². The lowest BCUT2D eigenvalue weighted by atomic mass is 10.1. The van der Waals surface area contributed by atoms with E-state index in [1.54, 1.807) is 6.07 Å². The number of carbonyl (C=O) groups is 1. The van der Waals surface area contributed by atoms with Gasteiger partial charge in [-0.2, -0.15) is 0 Å². The summed E-state index contributed by atoms with van der Waals surface area (Å²) in [6, 6.07) is 13.5. The first-order chi connectivity index (χ1) is 10.0. The van der Waals surface area contributed by atoms with Crippen molar-refractivity contribution in [1.82, 2.24) is 0 Å². The lowest BCUT2D eigenvalue weighted by molar-refractivity contribution is -0.385. The van der Waals surface area contributed by atoms with Crippen LogP contribution in [0.5, 0.6) is 0 Å². The number of para-hydroxylation sites is 1. The third kappa shape index (κ3) is 3.00. The molecule has 2 aromatic carbocycles. The molecule has 21 heavy (non-hydrogen) atoms. The Morgan fingerprint density at radius 1 is 1.19 bits per heavy atom. The first-order valence-electron chi connectivity index (χ1n) is 6.39. The van der Waals surface area contributed by atoms with Crippen molar-refractivity contribution in [2.24, 2.45) is 0 Å². The summed E-state index contributed by atoms with van der Waals surface area (Å²) < 4.78 is 0. The van der Waals surface area contributed by atoms with Crippen molar-refractivity contribution in [2.45, 2.75) is 6.92 Å². The third-order valence-corrected chi connectivity index (χ3v) is 3.10. The van der Waals surface area contributed by atoms with E-state index >= 15 is 0 Å². The summed E-state index contributed by atoms with van der Waals surface area (Å²) in [6.07, 6.45) is 0. The van der Waals surface area contributed by atoms with Crippen LogP contribution in [0.15, 0.2) is 48.5 Å². The van der Waals surface area contributed by atoms with E-state index in [1.165, 1.54) is 12.1 Å². The van der Waals surface area contributed by atoms with Crippen LogP contribution in [0.25, 0.3) is 0 Å². The van der Waals surface area contributed by atoms with Gasteiger partial charge >= 0.3 is 5.97 Å². The van der Waals surface area contributed by atoms with E-state index in [0.29, 0.717) is 12.2 Å². The fourth-order valence-corrected chi connectivity index (χ4v) is 2.14. The highest BCUT2D eigenvalue weighted by Crippen LogP contribution is 2.29. The maximum atomic E-state index is 11.2. The topological polar surface area (TPSA) is 83.7 Å². The van der Waals surface area contributed by atoms with Gasteiger partial charge in [0.15, 0.2) is 0 Å². The Morgan fingerprint density at radius 2 is 1.86 bits per heavy atom. The molecule has 0 bridgehead atoms. The fraction of sp³-hybridized carbons (Fsp3) is 0.133. The highest BCUT2D eigenvalue weighted by molar-refractivity contribution is 5.94. The van der Waals surface area contributed by atoms with Crippen LogP contribution < -0.4 is 4.90 Å². The first kappa shape index (κ1) is 14.5. The van der Waals surface area contributed by atoms with Crippen LogP contribution in [0.3, 0.4) is 0 Å². The average molecular weight is 286 g/mol. The number of aromatic carboxylic acids is 1. The largest absolute Gasteiger partial charge is 0.477 e. The lowest BCUT2D eigenvalue weighted by Crippen LogP contribution is -2.16. The van der Waals surface area contributed by atoms with Crippen molar-refractivity contribution in [2.75, 3.05) is 11.4 Å². The molecule has 1 N–H and O–H groups in total. The number of nitro groups is 1. The Hall–Kier alpha value is -2.89. The normalized spacial score (nSPS) is 10.1. The fourth-order valence-electron chi connectivity index (χ4n) is 2.14. The minimum absolute atomic E-state index is 0.313. The molecule has 0 fully saturated rings. The van der Waals surface area contributed by atoms with Gasteiger partial charge in [0.25, 0.3) is 5.69 Å². The zero-order valence-electron chi connectivity index (χ0n) is 11.4. The zero-order valence-corrected chi connectivity index (χ0v) is 11.4. The molecule has 0 amide bonds. The van der Waals surface area contributed by atoms with E-state index in [1.807, 2.05) is 42.2 Å². The molecule has 0 heterocycles. The van der Waals surface area contributed by atoms with Gasteiger partial charge in [-0.3, -0.25) is 10.1 Å². The first-order valence-corrected chi connectivity index (χ1v) is 6.39. The Labute approximate surface area is 121 Å². The second-order valence-corrected chi connectivity index (χ2v) is 4.34. The molecule has 2 aromatic rings. The molecular weight excluding hydrogens is 272 g/mol. The standard InChI is InChI=1S/C15H14N2O4/c1-2-16(11-6-4-3-5-7-11)12-8-9-14(17(20)21)13(10-12)15(18)19/h3-10H,2H2,1H3,(H,18,19). The van der Waals surface area contributed by atoms with Crippen molar-refractivity contribution >= 4 is 23.0 Å². The van der Waals surface area contributed by atoms with Crippen molar-refractivity contribution < 1.29 is 14.8 Å². The maximum Gasteiger partial charge on any atom is 0.342 e. The second kappa shape index (κ2) is 6.04. The molecule has 108 valence electrons. The summed E-state index contributed by atoms with van der Waals surface area (Å²) in [6.45, 7) is 2.54. The summed E-state index contributed by atoms with van der Waals surface area (Å²) in [5.41, 5.74) is 0.777. The minimum Gasteiger partial charge on any atom is -0.477 e. The summed E-state index contributed by atoms with van der Waals surface area (Å²) in [7, 11) is 0. The molecular formula is C15H14N2O4. The van der Waals surface area contributed by atoms with Gasteiger partial charge in [-0.15, -0.1) is 0 Å². The highest BCUT2D eigenvalue weighted by Gasteiger charge is 2.21. The summed E-state index contributed by atoms with van der Waals surface area (Å²) >= 11 is 0. The van der Waals surface area contributed by atoms with Gasteiger partial charge in [-0.1, -0.05) is 18.2 Å². The van der Waals surface area contributed by atoms with E-state index in [0.717, 1.165) is 5.69 Å². The van der Waals surface area contributed by atoms with E-state index in [2.05, 4.69) is 0 Å². The lowest BCUT2D eigenvalue weighted by Gasteiger charge is -2.23. The molecule has 0 spiro atoms. The maximum absolute atomic E-state index is 11.2. The molecule has 0 aliphatic heterocycles. The Balaban J connectivity index is 2.51. The van der Waals surface area contributed by atoms with Crippen LogP contribution in [-0.4, -0.2) is 22.5 Å². The predicted molar refractivity (Wildman–Crippen MR) is 79.2 cm³/mol. The molecule has 0 radical (unpaired) electrons. The van der Waals surface area contributed by atoms with Crippen molar-refractivity contribution in [3.05, 3.63) is 64.2 Å². The number of benzene rings is 2. The molecule has 0 saturated carbocycles. The molecule has 0 atom stereocenters. The van der Waals surface area contributed by atoms with Crippen LogP contribution >= 0.6 is 0 Å². The van der Waals surface area contributed by atoms with E-state index in [4.69, 9.17) is 5.11 Å². The van der Waals surface area contributed by atoms with Crippen molar-refractivity contribution in [3.8, 4) is 0 Å². The molecule has 0 aliphatic carbocycles. The molecule has 2 rings (SSSR count). The zero-order chi connectivity index (χ0) is 15.4. The predicted octanol–water partition coefficient (Wildman–Crippen LogP) is 3.45. The van der Waals surface area contributed by atoms with Crippen LogP contribution in [0, 0.1) is 10.1 Å². The molecule has 0 saturated heterocycles. The molecule has 6 heteroatoms. The number of nitro benzene ring substituents is 1. The summed E-state index contributed by atoms with van der Waals surface area (Å²) in [5.74, 6) is -1.31. The monoisotopic (exact) mass is 286 g/mol. The summed E-state index contributed by atoms with van der Waals surface area (Å²) in [4.78, 5) is 23.3. The average Bonchev–Trinajstić information content (AvgIpc) is 2.48.